The first-order valence-corrected chi connectivity index (χ1v) is 7.24. The molecule has 0 fully saturated rings. The fourth-order valence-electron chi connectivity index (χ4n) is 1.94. The average Bonchev–Trinajstić information content (AvgIpc) is 2.40. The standard InChI is InChI=1S/C15H16INO/c16-14-10-6-12-17(15(14)18)11-5-4-9-13-7-2-1-3-8-13/h1-3,6-8,10,12H,4-5,9,11H2. The molecule has 94 valence electrons. The van der Waals surface area contributed by atoms with Crippen molar-refractivity contribution < 1.29 is 0 Å². The minimum absolute atomic E-state index is 0.123. The van der Waals surface area contributed by atoms with E-state index in [4.69, 9.17) is 0 Å². The molecule has 0 N–H and O–H groups in total. The summed E-state index contributed by atoms with van der Waals surface area (Å²) in [6, 6.07) is 14.3. The summed E-state index contributed by atoms with van der Waals surface area (Å²) < 4.78 is 2.59. The fraction of sp³-hybridized carbons (Fsp3) is 0.267. The molecule has 0 aliphatic carbocycles. The third kappa shape index (κ3) is 3.70. The molecule has 0 saturated heterocycles. The van der Waals surface area contributed by atoms with Crippen molar-refractivity contribution >= 4 is 22.6 Å². The lowest BCUT2D eigenvalue weighted by Gasteiger charge is -2.06. The second kappa shape index (κ2) is 6.73. The number of hydrogen-bond acceptors (Lipinski definition) is 1. The van der Waals surface area contributed by atoms with E-state index < -0.39 is 0 Å². The van der Waals surface area contributed by atoms with Crippen molar-refractivity contribution in [2.75, 3.05) is 0 Å². The largest absolute Gasteiger partial charge is 0.315 e. The number of benzene rings is 1. The lowest BCUT2D eigenvalue weighted by Crippen LogP contribution is -2.21. The molecular formula is C15H16INO. The maximum Gasteiger partial charge on any atom is 0.263 e. The quantitative estimate of drug-likeness (QED) is 0.596. The van der Waals surface area contributed by atoms with E-state index in [0.717, 1.165) is 29.4 Å². The Kier molecular flexibility index (Phi) is 4.99. The number of aryl methyl sites for hydroxylation is 2. The van der Waals surface area contributed by atoms with Crippen molar-refractivity contribution in [2.45, 2.75) is 25.8 Å². The Hall–Kier alpha value is -1.10. The van der Waals surface area contributed by atoms with Gasteiger partial charge in [0.2, 0.25) is 0 Å². The molecule has 0 bridgehead atoms. The van der Waals surface area contributed by atoms with Crippen molar-refractivity contribution in [3.63, 3.8) is 0 Å². The van der Waals surface area contributed by atoms with Gasteiger partial charge in [-0.2, -0.15) is 0 Å². The van der Waals surface area contributed by atoms with Crippen molar-refractivity contribution in [3.05, 3.63) is 68.1 Å². The smallest absolute Gasteiger partial charge is 0.263 e. The second-order valence-electron chi connectivity index (χ2n) is 4.30. The second-order valence-corrected chi connectivity index (χ2v) is 5.46. The van der Waals surface area contributed by atoms with Crippen molar-refractivity contribution in [2.24, 2.45) is 0 Å². The Morgan fingerprint density at radius 1 is 1.00 bits per heavy atom. The lowest BCUT2D eigenvalue weighted by atomic mass is 10.1. The zero-order chi connectivity index (χ0) is 12.8. The van der Waals surface area contributed by atoms with Crippen LogP contribution in [0.3, 0.4) is 0 Å². The molecule has 1 aromatic carbocycles. The molecule has 2 rings (SSSR count). The Bertz CT molecular complexity index is 548. The maximum atomic E-state index is 11.8. The molecule has 0 radical (unpaired) electrons. The summed E-state index contributed by atoms with van der Waals surface area (Å²) in [4.78, 5) is 11.8. The highest BCUT2D eigenvalue weighted by molar-refractivity contribution is 14.1. The third-order valence-electron chi connectivity index (χ3n) is 2.93. The van der Waals surface area contributed by atoms with Gasteiger partial charge in [-0.15, -0.1) is 0 Å². The van der Waals surface area contributed by atoms with Crippen LogP contribution in [0.4, 0.5) is 0 Å². The minimum atomic E-state index is 0.123. The number of halogens is 1. The predicted octanol–water partition coefficient (Wildman–Crippen LogP) is 3.48. The molecule has 0 spiro atoms. The maximum absolute atomic E-state index is 11.8. The van der Waals surface area contributed by atoms with Crippen LogP contribution in [0.1, 0.15) is 18.4 Å². The highest BCUT2D eigenvalue weighted by Crippen LogP contribution is 2.05. The van der Waals surface area contributed by atoms with Gasteiger partial charge in [0.15, 0.2) is 0 Å². The predicted molar refractivity (Wildman–Crippen MR) is 82.8 cm³/mol. The number of pyridine rings is 1. The van der Waals surface area contributed by atoms with E-state index in [2.05, 4.69) is 46.9 Å². The van der Waals surface area contributed by atoms with Gasteiger partial charge in [-0.25, -0.2) is 0 Å². The summed E-state index contributed by atoms with van der Waals surface area (Å²) in [5.41, 5.74) is 1.49. The van der Waals surface area contributed by atoms with Crippen LogP contribution in [-0.4, -0.2) is 4.57 Å². The van der Waals surface area contributed by atoms with E-state index in [1.807, 2.05) is 24.4 Å². The molecule has 1 aromatic heterocycles. The van der Waals surface area contributed by atoms with E-state index in [9.17, 15) is 4.79 Å². The molecule has 2 aromatic rings. The lowest BCUT2D eigenvalue weighted by molar-refractivity contribution is 0.592. The summed E-state index contributed by atoms with van der Waals surface area (Å²) in [5.74, 6) is 0. The van der Waals surface area contributed by atoms with E-state index in [1.54, 1.807) is 4.57 Å². The number of hydrogen-bond donors (Lipinski definition) is 0. The van der Waals surface area contributed by atoms with E-state index >= 15 is 0 Å². The molecule has 18 heavy (non-hydrogen) atoms. The van der Waals surface area contributed by atoms with Gasteiger partial charge in [-0.1, -0.05) is 30.3 Å². The monoisotopic (exact) mass is 353 g/mol. The Labute approximate surface area is 121 Å². The Balaban J connectivity index is 1.82. The van der Waals surface area contributed by atoms with Crippen LogP contribution in [0.2, 0.25) is 0 Å². The van der Waals surface area contributed by atoms with Crippen LogP contribution < -0.4 is 5.56 Å². The van der Waals surface area contributed by atoms with Gasteiger partial charge >= 0.3 is 0 Å². The van der Waals surface area contributed by atoms with E-state index in [1.165, 1.54) is 5.56 Å². The SMILES string of the molecule is O=c1c(I)cccn1CCCCc1ccccc1. The van der Waals surface area contributed by atoms with Gasteiger partial charge in [-0.3, -0.25) is 4.79 Å². The Morgan fingerprint density at radius 3 is 2.56 bits per heavy atom. The normalized spacial score (nSPS) is 10.5. The minimum Gasteiger partial charge on any atom is -0.315 e. The van der Waals surface area contributed by atoms with Crippen LogP contribution in [0.5, 0.6) is 0 Å². The van der Waals surface area contributed by atoms with Gasteiger partial charge in [0.25, 0.3) is 5.56 Å². The number of unbranched alkanes of at least 4 members (excludes halogenated alkanes) is 1. The van der Waals surface area contributed by atoms with Crippen LogP contribution >= 0.6 is 22.6 Å². The molecule has 3 heteroatoms. The van der Waals surface area contributed by atoms with Crippen LogP contribution in [0.15, 0.2) is 53.5 Å². The number of nitrogens with zero attached hydrogens (tertiary/aromatic N) is 1. The number of rotatable bonds is 5. The summed E-state index contributed by atoms with van der Waals surface area (Å²) in [7, 11) is 0. The van der Waals surface area contributed by atoms with Crippen molar-refractivity contribution in [3.8, 4) is 0 Å². The molecule has 0 aliphatic heterocycles. The highest BCUT2D eigenvalue weighted by atomic mass is 127. The molecule has 0 atom stereocenters. The molecule has 0 saturated carbocycles. The van der Waals surface area contributed by atoms with Gasteiger partial charge < -0.3 is 4.57 Å². The van der Waals surface area contributed by atoms with Gasteiger partial charge in [0, 0.05) is 12.7 Å². The zero-order valence-corrected chi connectivity index (χ0v) is 12.3. The van der Waals surface area contributed by atoms with Crippen LogP contribution in [-0.2, 0) is 13.0 Å². The number of aromatic nitrogens is 1. The first-order chi connectivity index (χ1) is 8.77. The van der Waals surface area contributed by atoms with E-state index in [-0.39, 0.29) is 5.56 Å². The van der Waals surface area contributed by atoms with Crippen LogP contribution in [0, 0.1) is 3.57 Å². The van der Waals surface area contributed by atoms with Gasteiger partial charge in [0.05, 0.1) is 3.57 Å². The summed E-state index contributed by atoms with van der Waals surface area (Å²) in [6.07, 6.45) is 5.10. The summed E-state index contributed by atoms with van der Waals surface area (Å²) >= 11 is 2.09. The first-order valence-electron chi connectivity index (χ1n) is 6.16. The van der Waals surface area contributed by atoms with Crippen molar-refractivity contribution in [1.82, 2.24) is 4.57 Å². The zero-order valence-electron chi connectivity index (χ0n) is 10.2. The molecule has 0 amide bonds. The molecule has 1 heterocycles. The fourth-order valence-corrected chi connectivity index (χ4v) is 2.46. The first kappa shape index (κ1) is 13.3. The molecule has 0 unspecified atom stereocenters. The highest BCUT2D eigenvalue weighted by Gasteiger charge is 1.99. The molecule has 2 nitrogen and oxygen atoms in total. The summed E-state index contributed by atoms with van der Waals surface area (Å²) in [6.45, 7) is 0.808. The van der Waals surface area contributed by atoms with Crippen LogP contribution in [0.25, 0.3) is 0 Å². The van der Waals surface area contributed by atoms with Gasteiger partial charge in [-0.05, 0) is 59.5 Å². The molecule has 0 aliphatic rings. The molecular weight excluding hydrogens is 337 g/mol. The summed E-state index contributed by atoms with van der Waals surface area (Å²) in [5, 5.41) is 0. The van der Waals surface area contributed by atoms with Gasteiger partial charge in [0.1, 0.15) is 0 Å². The average molecular weight is 353 g/mol. The topological polar surface area (TPSA) is 22.0 Å². The third-order valence-corrected chi connectivity index (χ3v) is 3.75. The van der Waals surface area contributed by atoms with E-state index in [0.29, 0.717) is 0 Å². The Morgan fingerprint density at radius 2 is 1.78 bits per heavy atom. The van der Waals surface area contributed by atoms with Crippen molar-refractivity contribution in [1.29, 1.82) is 0 Å².